The minimum atomic E-state index is -4.34. The van der Waals surface area contributed by atoms with Gasteiger partial charge in [-0.25, -0.2) is 4.79 Å². The Morgan fingerprint density at radius 2 is 1.95 bits per heavy atom. The SMILES string of the molecule is CC(C)(C)OC(=O)N1CCC(CN)C(C(F)(F)F)C1. The summed E-state index contributed by atoms with van der Waals surface area (Å²) in [6, 6.07) is 0. The van der Waals surface area contributed by atoms with Gasteiger partial charge in [0.15, 0.2) is 0 Å². The number of piperidine rings is 1. The predicted molar refractivity (Wildman–Crippen MR) is 64.5 cm³/mol. The summed E-state index contributed by atoms with van der Waals surface area (Å²) in [6.07, 6.45) is -4.79. The van der Waals surface area contributed by atoms with Gasteiger partial charge >= 0.3 is 12.3 Å². The van der Waals surface area contributed by atoms with Gasteiger partial charge in [0.05, 0.1) is 5.92 Å². The van der Waals surface area contributed by atoms with Crippen LogP contribution in [-0.2, 0) is 4.74 Å². The molecular weight excluding hydrogens is 261 g/mol. The molecule has 1 amide bonds. The van der Waals surface area contributed by atoms with Gasteiger partial charge in [0.1, 0.15) is 5.60 Å². The molecule has 1 aliphatic rings. The maximum Gasteiger partial charge on any atom is 0.410 e. The van der Waals surface area contributed by atoms with E-state index in [1.807, 2.05) is 0 Å². The first-order chi connectivity index (χ1) is 8.54. The molecule has 1 fully saturated rings. The van der Waals surface area contributed by atoms with E-state index in [9.17, 15) is 18.0 Å². The van der Waals surface area contributed by atoms with Crippen molar-refractivity contribution in [1.82, 2.24) is 4.90 Å². The van der Waals surface area contributed by atoms with Crippen molar-refractivity contribution >= 4 is 6.09 Å². The van der Waals surface area contributed by atoms with Gasteiger partial charge < -0.3 is 15.4 Å². The number of rotatable bonds is 1. The number of nitrogens with two attached hydrogens (primary N) is 1. The lowest BCUT2D eigenvalue weighted by Crippen LogP contribution is -2.51. The summed E-state index contributed by atoms with van der Waals surface area (Å²) in [4.78, 5) is 12.9. The van der Waals surface area contributed by atoms with E-state index >= 15 is 0 Å². The molecule has 1 rings (SSSR count). The fourth-order valence-corrected chi connectivity index (χ4v) is 2.15. The fourth-order valence-electron chi connectivity index (χ4n) is 2.15. The zero-order chi connectivity index (χ0) is 14.8. The number of amides is 1. The maximum atomic E-state index is 12.9. The van der Waals surface area contributed by atoms with Crippen LogP contribution in [0.2, 0.25) is 0 Å². The molecule has 0 aromatic rings. The highest BCUT2D eigenvalue weighted by Crippen LogP contribution is 2.37. The highest BCUT2D eigenvalue weighted by Gasteiger charge is 2.48. The van der Waals surface area contributed by atoms with Crippen LogP contribution >= 0.6 is 0 Å². The van der Waals surface area contributed by atoms with Crippen molar-refractivity contribution in [2.24, 2.45) is 17.6 Å². The monoisotopic (exact) mass is 282 g/mol. The average Bonchev–Trinajstić information content (AvgIpc) is 2.24. The number of nitrogens with zero attached hydrogens (tertiary/aromatic N) is 1. The number of hydrogen-bond donors (Lipinski definition) is 1. The molecule has 2 unspecified atom stereocenters. The van der Waals surface area contributed by atoms with Crippen molar-refractivity contribution in [2.45, 2.75) is 39.0 Å². The third-order valence-electron chi connectivity index (χ3n) is 3.13. The molecule has 0 radical (unpaired) electrons. The summed E-state index contributed by atoms with van der Waals surface area (Å²) >= 11 is 0. The summed E-state index contributed by atoms with van der Waals surface area (Å²) in [5, 5.41) is 0. The van der Waals surface area contributed by atoms with E-state index in [1.54, 1.807) is 20.8 Å². The molecule has 0 spiro atoms. The first-order valence-corrected chi connectivity index (χ1v) is 6.29. The topological polar surface area (TPSA) is 55.6 Å². The van der Waals surface area contributed by atoms with Crippen LogP contribution in [-0.4, -0.2) is 42.4 Å². The number of likely N-dealkylation sites (tertiary alicyclic amines) is 1. The zero-order valence-corrected chi connectivity index (χ0v) is 11.5. The summed E-state index contributed by atoms with van der Waals surface area (Å²) in [6.45, 7) is 4.90. The van der Waals surface area contributed by atoms with Gasteiger partial charge in [0.2, 0.25) is 0 Å². The average molecular weight is 282 g/mol. The number of hydrogen-bond acceptors (Lipinski definition) is 3. The molecule has 0 aromatic carbocycles. The van der Waals surface area contributed by atoms with Crippen LogP contribution in [0, 0.1) is 11.8 Å². The summed E-state index contributed by atoms with van der Waals surface area (Å²) in [7, 11) is 0. The highest BCUT2D eigenvalue weighted by atomic mass is 19.4. The standard InChI is InChI=1S/C12H21F3N2O2/c1-11(2,3)19-10(18)17-5-4-8(6-16)9(7-17)12(13,14)15/h8-9H,4-7,16H2,1-3H3. The molecule has 2 atom stereocenters. The third kappa shape index (κ3) is 4.56. The summed E-state index contributed by atoms with van der Waals surface area (Å²) in [5.74, 6) is -2.20. The van der Waals surface area contributed by atoms with Crippen LogP contribution in [0.4, 0.5) is 18.0 Å². The van der Waals surface area contributed by atoms with Crippen LogP contribution < -0.4 is 5.73 Å². The largest absolute Gasteiger partial charge is 0.444 e. The minimum Gasteiger partial charge on any atom is -0.444 e. The van der Waals surface area contributed by atoms with Gasteiger partial charge in [0, 0.05) is 13.1 Å². The van der Waals surface area contributed by atoms with E-state index in [0.717, 1.165) is 4.90 Å². The van der Waals surface area contributed by atoms with Gasteiger partial charge in [-0.2, -0.15) is 13.2 Å². The van der Waals surface area contributed by atoms with Crippen LogP contribution in [0.5, 0.6) is 0 Å². The Morgan fingerprint density at radius 1 is 1.37 bits per heavy atom. The van der Waals surface area contributed by atoms with E-state index in [1.165, 1.54) is 0 Å². The van der Waals surface area contributed by atoms with Crippen molar-refractivity contribution in [3.8, 4) is 0 Å². The Kier molecular flexibility index (Phi) is 4.71. The molecule has 19 heavy (non-hydrogen) atoms. The quantitative estimate of drug-likeness (QED) is 0.803. The number of alkyl halides is 3. The lowest BCUT2D eigenvalue weighted by Gasteiger charge is -2.39. The van der Waals surface area contributed by atoms with Crippen molar-refractivity contribution in [2.75, 3.05) is 19.6 Å². The summed E-state index contributed by atoms with van der Waals surface area (Å²) < 4.78 is 43.9. The van der Waals surface area contributed by atoms with Crippen LogP contribution in [0.3, 0.4) is 0 Å². The second-order valence-corrected chi connectivity index (χ2v) is 5.86. The molecule has 2 N–H and O–H groups in total. The van der Waals surface area contributed by atoms with Crippen LogP contribution in [0.15, 0.2) is 0 Å². The molecular formula is C12H21F3N2O2. The Balaban J connectivity index is 2.72. The van der Waals surface area contributed by atoms with Crippen LogP contribution in [0.1, 0.15) is 27.2 Å². The van der Waals surface area contributed by atoms with E-state index in [2.05, 4.69) is 0 Å². The fraction of sp³-hybridized carbons (Fsp3) is 0.917. The van der Waals surface area contributed by atoms with E-state index < -0.39 is 29.7 Å². The molecule has 7 heteroatoms. The lowest BCUT2D eigenvalue weighted by molar-refractivity contribution is -0.199. The van der Waals surface area contributed by atoms with Gasteiger partial charge in [-0.15, -0.1) is 0 Å². The number of carbonyl (C=O) groups is 1. The van der Waals surface area contributed by atoms with Gasteiger partial charge in [-0.05, 0) is 39.7 Å². The molecule has 1 aliphatic heterocycles. The minimum absolute atomic E-state index is 0.0215. The normalized spacial score (nSPS) is 25.3. The number of carbonyl (C=O) groups excluding carboxylic acids is 1. The van der Waals surface area contributed by atoms with E-state index in [4.69, 9.17) is 10.5 Å². The lowest BCUT2D eigenvalue weighted by atomic mass is 9.85. The number of ether oxygens (including phenoxy) is 1. The maximum absolute atomic E-state index is 12.9. The Bertz CT molecular complexity index is 326. The molecule has 1 saturated heterocycles. The van der Waals surface area contributed by atoms with Gasteiger partial charge in [-0.3, -0.25) is 0 Å². The van der Waals surface area contributed by atoms with Crippen molar-refractivity contribution in [3.63, 3.8) is 0 Å². The second-order valence-electron chi connectivity index (χ2n) is 5.86. The van der Waals surface area contributed by atoms with Crippen molar-refractivity contribution in [3.05, 3.63) is 0 Å². The van der Waals surface area contributed by atoms with Crippen LogP contribution in [0.25, 0.3) is 0 Å². The predicted octanol–water partition coefficient (Wildman–Crippen LogP) is 2.38. The Morgan fingerprint density at radius 3 is 2.37 bits per heavy atom. The molecule has 0 bridgehead atoms. The van der Waals surface area contributed by atoms with Crippen molar-refractivity contribution < 1.29 is 22.7 Å². The highest BCUT2D eigenvalue weighted by molar-refractivity contribution is 5.68. The van der Waals surface area contributed by atoms with Crippen molar-refractivity contribution in [1.29, 1.82) is 0 Å². The zero-order valence-electron chi connectivity index (χ0n) is 11.5. The summed E-state index contributed by atoms with van der Waals surface area (Å²) in [5.41, 5.74) is 4.67. The third-order valence-corrected chi connectivity index (χ3v) is 3.13. The molecule has 4 nitrogen and oxygen atoms in total. The number of halogens is 3. The Labute approximate surface area is 111 Å². The van der Waals surface area contributed by atoms with Gasteiger partial charge in [0.25, 0.3) is 0 Å². The Hall–Kier alpha value is -0.980. The van der Waals surface area contributed by atoms with E-state index in [-0.39, 0.29) is 26.1 Å². The molecule has 0 aromatic heterocycles. The molecule has 0 saturated carbocycles. The van der Waals surface area contributed by atoms with E-state index in [0.29, 0.717) is 0 Å². The second kappa shape index (κ2) is 5.56. The first kappa shape index (κ1) is 16.1. The van der Waals surface area contributed by atoms with Gasteiger partial charge in [-0.1, -0.05) is 0 Å². The smallest absolute Gasteiger partial charge is 0.410 e. The molecule has 1 heterocycles. The first-order valence-electron chi connectivity index (χ1n) is 6.29. The molecule has 0 aliphatic carbocycles. The molecule has 112 valence electrons.